The van der Waals surface area contributed by atoms with E-state index in [2.05, 4.69) is 22.9 Å². The lowest BCUT2D eigenvalue weighted by Gasteiger charge is -2.35. The van der Waals surface area contributed by atoms with Crippen LogP contribution in [0.2, 0.25) is 0 Å². The molecule has 1 amide bonds. The standard InChI is InChI=1S/C14H17BrFNO/c1-2-11-5-3-4-8-17(11)14(18)10-6-7-12(15)13(16)9-10/h6-7,9,11H,2-5,8H2,1H3. The summed E-state index contributed by atoms with van der Waals surface area (Å²) >= 11 is 3.10. The van der Waals surface area contributed by atoms with Gasteiger partial charge in [0.15, 0.2) is 0 Å². The zero-order chi connectivity index (χ0) is 13.1. The van der Waals surface area contributed by atoms with Gasteiger partial charge in [-0.25, -0.2) is 4.39 Å². The van der Waals surface area contributed by atoms with Crippen molar-refractivity contribution in [3.63, 3.8) is 0 Å². The van der Waals surface area contributed by atoms with Crippen LogP contribution in [0.4, 0.5) is 4.39 Å². The van der Waals surface area contributed by atoms with Crippen molar-refractivity contribution in [3.8, 4) is 0 Å². The molecule has 0 saturated carbocycles. The fraction of sp³-hybridized carbons (Fsp3) is 0.500. The van der Waals surface area contributed by atoms with Crippen molar-refractivity contribution in [1.29, 1.82) is 0 Å². The van der Waals surface area contributed by atoms with E-state index in [0.29, 0.717) is 16.1 Å². The van der Waals surface area contributed by atoms with Gasteiger partial charge in [-0.15, -0.1) is 0 Å². The third kappa shape index (κ3) is 2.74. The average Bonchev–Trinajstić information content (AvgIpc) is 2.41. The number of likely N-dealkylation sites (tertiary alicyclic amines) is 1. The van der Waals surface area contributed by atoms with Crippen molar-refractivity contribution in [2.24, 2.45) is 0 Å². The summed E-state index contributed by atoms with van der Waals surface area (Å²) in [6, 6.07) is 4.89. The van der Waals surface area contributed by atoms with Gasteiger partial charge in [0.1, 0.15) is 5.82 Å². The number of piperidine rings is 1. The minimum Gasteiger partial charge on any atom is -0.336 e. The molecule has 1 aliphatic rings. The van der Waals surface area contributed by atoms with Crippen LogP contribution in [0.5, 0.6) is 0 Å². The van der Waals surface area contributed by atoms with E-state index in [-0.39, 0.29) is 11.7 Å². The molecule has 0 bridgehead atoms. The smallest absolute Gasteiger partial charge is 0.254 e. The summed E-state index contributed by atoms with van der Waals surface area (Å²) in [4.78, 5) is 14.3. The van der Waals surface area contributed by atoms with Crippen LogP contribution in [0.1, 0.15) is 43.0 Å². The maximum Gasteiger partial charge on any atom is 0.254 e. The van der Waals surface area contributed by atoms with Gasteiger partial charge >= 0.3 is 0 Å². The van der Waals surface area contributed by atoms with Gasteiger partial charge in [-0.05, 0) is 59.8 Å². The molecule has 1 aliphatic heterocycles. The molecular formula is C14H17BrFNO. The Morgan fingerprint density at radius 2 is 2.28 bits per heavy atom. The number of hydrogen-bond donors (Lipinski definition) is 0. The molecule has 2 nitrogen and oxygen atoms in total. The lowest BCUT2D eigenvalue weighted by Crippen LogP contribution is -2.43. The predicted octanol–water partition coefficient (Wildman–Crippen LogP) is 3.99. The maximum atomic E-state index is 13.5. The third-order valence-corrected chi connectivity index (χ3v) is 4.17. The van der Waals surface area contributed by atoms with Crippen molar-refractivity contribution >= 4 is 21.8 Å². The highest BCUT2D eigenvalue weighted by Crippen LogP contribution is 2.23. The summed E-state index contributed by atoms with van der Waals surface area (Å²) in [5.74, 6) is -0.432. The van der Waals surface area contributed by atoms with Crippen molar-refractivity contribution in [2.45, 2.75) is 38.6 Å². The first kappa shape index (κ1) is 13.5. The van der Waals surface area contributed by atoms with Crippen LogP contribution in [0.25, 0.3) is 0 Å². The van der Waals surface area contributed by atoms with Gasteiger partial charge < -0.3 is 4.90 Å². The van der Waals surface area contributed by atoms with Crippen LogP contribution < -0.4 is 0 Å². The zero-order valence-corrected chi connectivity index (χ0v) is 12.0. The topological polar surface area (TPSA) is 20.3 Å². The summed E-state index contributed by atoms with van der Waals surface area (Å²) in [6.07, 6.45) is 4.24. The number of halogens is 2. The van der Waals surface area contributed by atoms with Gasteiger partial charge in [-0.2, -0.15) is 0 Å². The Morgan fingerprint density at radius 1 is 1.50 bits per heavy atom. The number of rotatable bonds is 2. The van der Waals surface area contributed by atoms with E-state index in [1.165, 1.54) is 12.5 Å². The summed E-state index contributed by atoms with van der Waals surface area (Å²) in [6.45, 7) is 2.88. The van der Waals surface area contributed by atoms with Crippen LogP contribution >= 0.6 is 15.9 Å². The molecule has 0 aromatic heterocycles. The second kappa shape index (κ2) is 5.83. The van der Waals surface area contributed by atoms with Crippen molar-refractivity contribution in [3.05, 3.63) is 34.1 Å². The predicted molar refractivity (Wildman–Crippen MR) is 73.1 cm³/mol. The molecule has 0 spiro atoms. The Labute approximate surface area is 115 Å². The Balaban J connectivity index is 2.21. The zero-order valence-electron chi connectivity index (χ0n) is 10.5. The van der Waals surface area contributed by atoms with Gasteiger partial charge in [0.2, 0.25) is 0 Å². The third-order valence-electron chi connectivity index (χ3n) is 3.53. The minimum absolute atomic E-state index is 0.0482. The molecule has 1 aromatic carbocycles. The second-order valence-corrected chi connectivity index (χ2v) is 5.54. The SMILES string of the molecule is CCC1CCCCN1C(=O)c1ccc(Br)c(F)c1. The molecule has 0 aliphatic carbocycles. The average molecular weight is 314 g/mol. The largest absolute Gasteiger partial charge is 0.336 e. The van der Waals surface area contributed by atoms with E-state index >= 15 is 0 Å². The lowest BCUT2D eigenvalue weighted by molar-refractivity contribution is 0.0607. The van der Waals surface area contributed by atoms with Gasteiger partial charge in [-0.3, -0.25) is 4.79 Å². The normalized spacial score (nSPS) is 19.9. The van der Waals surface area contributed by atoms with E-state index in [1.807, 2.05) is 4.90 Å². The first-order chi connectivity index (χ1) is 8.63. The maximum absolute atomic E-state index is 13.5. The fourth-order valence-electron chi connectivity index (χ4n) is 2.49. The Kier molecular flexibility index (Phi) is 4.38. The number of nitrogens with zero attached hydrogens (tertiary/aromatic N) is 1. The van der Waals surface area contributed by atoms with Gasteiger partial charge in [0.25, 0.3) is 5.91 Å². The Hall–Kier alpha value is -0.900. The molecule has 1 atom stereocenters. The first-order valence-electron chi connectivity index (χ1n) is 6.39. The van der Waals surface area contributed by atoms with E-state index in [9.17, 15) is 9.18 Å². The van der Waals surface area contributed by atoms with E-state index in [1.54, 1.807) is 12.1 Å². The molecule has 0 N–H and O–H groups in total. The van der Waals surface area contributed by atoms with Gasteiger partial charge in [-0.1, -0.05) is 6.92 Å². The highest BCUT2D eigenvalue weighted by Gasteiger charge is 2.26. The number of carbonyl (C=O) groups is 1. The molecular weight excluding hydrogens is 297 g/mol. The van der Waals surface area contributed by atoms with Crippen molar-refractivity contribution < 1.29 is 9.18 Å². The fourth-order valence-corrected chi connectivity index (χ4v) is 2.73. The number of carbonyl (C=O) groups excluding carboxylic acids is 1. The molecule has 2 rings (SSSR count). The van der Waals surface area contributed by atoms with Crippen molar-refractivity contribution in [2.75, 3.05) is 6.54 Å². The molecule has 1 aromatic rings. The quantitative estimate of drug-likeness (QED) is 0.808. The summed E-state index contributed by atoms with van der Waals surface area (Å²) in [5.41, 5.74) is 0.441. The molecule has 98 valence electrons. The lowest BCUT2D eigenvalue weighted by atomic mass is 9.99. The molecule has 4 heteroatoms. The molecule has 1 heterocycles. The number of benzene rings is 1. The second-order valence-electron chi connectivity index (χ2n) is 4.69. The first-order valence-corrected chi connectivity index (χ1v) is 7.18. The molecule has 1 fully saturated rings. The van der Waals surface area contributed by atoms with Crippen LogP contribution in [0, 0.1) is 5.82 Å². The molecule has 18 heavy (non-hydrogen) atoms. The van der Waals surface area contributed by atoms with Crippen LogP contribution in [-0.2, 0) is 0 Å². The minimum atomic E-state index is -0.383. The number of amides is 1. The van der Waals surface area contributed by atoms with Crippen LogP contribution in [0.15, 0.2) is 22.7 Å². The van der Waals surface area contributed by atoms with Gasteiger partial charge in [0.05, 0.1) is 4.47 Å². The summed E-state index contributed by atoms with van der Waals surface area (Å²) < 4.78 is 13.9. The Bertz CT molecular complexity index is 449. The van der Waals surface area contributed by atoms with Crippen molar-refractivity contribution in [1.82, 2.24) is 4.90 Å². The molecule has 1 unspecified atom stereocenters. The number of hydrogen-bond acceptors (Lipinski definition) is 1. The van der Waals surface area contributed by atoms with E-state index in [0.717, 1.165) is 25.8 Å². The van der Waals surface area contributed by atoms with E-state index < -0.39 is 0 Å². The van der Waals surface area contributed by atoms with Gasteiger partial charge in [0, 0.05) is 18.2 Å². The molecule has 0 radical (unpaired) electrons. The highest BCUT2D eigenvalue weighted by molar-refractivity contribution is 9.10. The highest BCUT2D eigenvalue weighted by atomic mass is 79.9. The van der Waals surface area contributed by atoms with Crippen LogP contribution in [-0.4, -0.2) is 23.4 Å². The summed E-state index contributed by atoms with van der Waals surface area (Å²) in [5, 5.41) is 0. The van der Waals surface area contributed by atoms with E-state index in [4.69, 9.17) is 0 Å². The van der Waals surface area contributed by atoms with Crippen LogP contribution in [0.3, 0.4) is 0 Å². The summed E-state index contributed by atoms with van der Waals surface area (Å²) in [7, 11) is 0. The molecule has 1 saturated heterocycles. The Morgan fingerprint density at radius 3 is 2.94 bits per heavy atom. The monoisotopic (exact) mass is 313 g/mol.